The summed E-state index contributed by atoms with van der Waals surface area (Å²) < 4.78 is 0. The number of aromatic nitrogens is 2. The molecular weight excluding hydrogens is 409 g/mol. The molecule has 6 heteroatoms. The van der Waals surface area contributed by atoms with Crippen LogP contribution in [0.1, 0.15) is 38.7 Å². The third-order valence-corrected chi connectivity index (χ3v) is 4.43. The molecule has 1 aliphatic rings. The van der Waals surface area contributed by atoms with E-state index in [1.54, 1.807) is 6.33 Å². The molecule has 0 saturated heterocycles. The number of hydrogen-bond donors (Lipinski definition) is 1. The number of nitrogens with one attached hydrogen (secondary N) is 2. The second-order valence-electron chi connectivity index (χ2n) is 5.74. The zero-order chi connectivity index (χ0) is 16.7. The van der Waals surface area contributed by atoms with Crippen LogP contribution >= 0.6 is 23.2 Å². The molecule has 1 aliphatic heterocycles. The number of nitrogens with zero attached hydrogens (tertiary/aromatic N) is 1. The van der Waals surface area contributed by atoms with Crippen molar-refractivity contribution in [1.29, 1.82) is 0 Å². The number of H-pyrrole nitrogens is 2. The topological polar surface area (TPSA) is 33.2 Å². The summed E-state index contributed by atoms with van der Waals surface area (Å²) in [7, 11) is 0. The first-order chi connectivity index (χ1) is 11.1. The molecule has 0 spiro atoms. The Morgan fingerprint density at radius 3 is 2.54 bits per heavy atom. The first-order valence-corrected chi connectivity index (χ1v) is 8.78. The Balaban J connectivity index is 0.000000304. The minimum Gasteiger partial charge on any atom is -1.00 e. The highest BCUT2D eigenvalue weighted by atomic mass is 79.9. The second kappa shape index (κ2) is 10.8. The quantitative estimate of drug-likeness (QED) is 0.738. The van der Waals surface area contributed by atoms with Gasteiger partial charge in [-0.25, -0.2) is 9.97 Å². The van der Waals surface area contributed by atoms with Gasteiger partial charge in [0.05, 0.1) is 0 Å². The van der Waals surface area contributed by atoms with Crippen LogP contribution in [-0.2, 0) is 0 Å². The van der Waals surface area contributed by atoms with Gasteiger partial charge in [0.25, 0.3) is 10.3 Å². The first kappa shape index (κ1) is 21.1. The van der Waals surface area contributed by atoms with E-state index in [1.165, 1.54) is 42.6 Å². The van der Waals surface area contributed by atoms with Gasteiger partial charge in [0.2, 0.25) is 6.33 Å². The van der Waals surface area contributed by atoms with Crippen molar-refractivity contribution < 1.29 is 22.0 Å². The number of halogens is 3. The highest BCUT2D eigenvalue weighted by Crippen LogP contribution is 2.28. The fraction of sp³-hybridized carbons (Fsp3) is 0.389. The maximum atomic E-state index is 5.41. The molecule has 1 aromatic heterocycles. The number of hydrogen-bond acceptors (Lipinski definition) is 1. The largest absolute Gasteiger partial charge is 1.00 e. The van der Waals surface area contributed by atoms with Gasteiger partial charge in [0, 0.05) is 18.8 Å². The van der Waals surface area contributed by atoms with Crippen LogP contribution in [0, 0.1) is 0 Å². The molecule has 2 heterocycles. The average molecular weight is 433 g/mol. The van der Waals surface area contributed by atoms with Crippen LogP contribution in [0.2, 0.25) is 10.3 Å². The highest BCUT2D eigenvalue weighted by Gasteiger charge is 2.14. The van der Waals surface area contributed by atoms with Crippen molar-refractivity contribution in [2.75, 3.05) is 18.0 Å². The summed E-state index contributed by atoms with van der Waals surface area (Å²) in [6.07, 6.45) is 7.81. The lowest BCUT2D eigenvalue weighted by molar-refractivity contribution is -0.373. The number of fused-ring (bicyclic) bond motifs is 1. The fourth-order valence-corrected chi connectivity index (χ4v) is 2.85. The van der Waals surface area contributed by atoms with Gasteiger partial charge in [-0.1, -0.05) is 49.6 Å². The number of rotatable bonds is 4. The highest BCUT2D eigenvalue weighted by molar-refractivity contribution is 6.39. The number of aromatic amines is 2. The van der Waals surface area contributed by atoms with Crippen molar-refractivity contribution in [2.45, 2.75) is 33.1 Å². The number of para-hydroxylation sites is 1. The van der Waals surface area contributed by atoms with E-state index in [2.05, 4.69) is 59.1 Å². The number of benzene rings is 1. The minimum absolute atomic E-state index is 0. The van der Waals surface area contributed by atoms with Crippen molar-refractivity contribution in [3.63, 3.8) is 0 Å². The van der Waals surface area contributed by atoms with Crippen molar-refractivity contribution >= 4 is 35.0 Å². The molecule has 0 unspecified atom stereocenters. The SMILES string of the molecule is CCCCCN1CC(C)=Cc2ccccc21.Clc1[nH]c[nH+]c1Cl.[Br-]. The molecule has 0 saturated carbocycles. The molecule has 0 atom stereocenters. The van der Waals surface area contributed by atoms with E-state index >= 15 is 0 Å². The van der Waals surface area contributed by atoms with Crippen LogP contribution < -0.4 is 26.9 Å². The van der Waals surface area contributed by atoms with Crippen molar-refractivity contribution in [2.24, 2.45) is 0 Å². The lowest BCUT2D eigenvalue weighted by atomic mass is 10.0. The number of unbranched alkanes of at least 4 members (excludes halogenated alkanes) is 2. The van der Waals surface area contributed by atoms with E-state index in [-0.39, 0.29) is 17.0 Å². The third-order valence-electron chi connectivity index (χ3n) is 3.74. The summed E-state index contributed by atoms with van der Waals surface area (Å²) in [6, 6.07) is 8.72. The van der Waals surface area contributed by atoms with Crippen LogP contribution in [-0.4, -0.2) is 18.1 Å². The molecule has 0 bridgehead atoms. The van der Waals surface area contributed by atoms with Gasteiger partial charge in [-0.15, -0.1) is 0 Å². The second-order valence-corrected chi connectivity index (χ2v) is 6.50. The third kappa shape index (κ3) is 6.15. The lowest BCUT2D eigenvalue weighted by Gasteiger charge is -2.30. The molecule has 24 heavy (non-hydrogen) atoms. The Morgan fingerprint density at radius 2 is 1.96 bits per heavy atom. The standard InChI is InChI=1S/C15H21N.C3H2Cl2N2.BrH/c1-3-4-7-10-16-12-13(2)11-14-8-5-6-9-15(14)16;4-2-3(5)7-1-6-2;/h5-6,8-9,11H,3-4,7,10,12H2,1-2H3;1H,(H,6,7);1H. The Bertz CT molecular complexity index is 639. The molecule has 1 aromatic carbocycles. The molecule has 0 aliphatic carbocycles. The van der Waals surface area contributed by atoms with Crippen LogP contribution in [0.5, 0.6) is 0 Å². The maximum Gasteiger partial charge on any atom is 0.252 e. The molecule has 3 nitrogen and oxygen atoms in total. The predicted molar refractivity (Wildman–Crippen MR) is 99.2 cm³/mol. The zero-order valence-corrected chi connectivity index (χ0v) is 17.2. The zero-order valence-electron chi connectivity index (χ0n) is 14.1. The van der Waals surface area contributed by atoms with E-state index in [4.69, 9.17) is 23.2 Å². The van der Waals surface area contributed by atoms with Crippen molar-refractivity contribution in [3.8, 4) is 0 Å². The van der Waals surface area contributed by atoms with E-state index in [9.17, 15) is 0 Å². The molecule has 0 amide bonds. The van der Waals surface area contributed by atoms with Gasteiger partial charge in [0.15, 0.2) is 0 Å². The van der Waals surface area contributed by atoms with Crippen molar-refractivity contribution in [1.82, 2.24) is 4.98 Å². The molecule has 132 valence electrons. The molecule has 2 aromatic rings. The Kier molecular flexibility index (Phi) is 9.49. The molecule has 2 N–H and O–H groups in total. The summed E-state index contributed by atoms with van der Waals surface area (Å²) in [5.41, 5.74) is 4.25. The Labute approximate surface area is 164 Å². The van der Waals surface area contributed by atoms with E-state index in [0.29, 0.717) is 10.3 Å². The smallest absolute Gasteiger partial charge is 0.252 e. The Morgan fingerprint density at radius 1 is 1.21 bits per heavy atom. The van der Waals surface area contributed by atoms with Gasteiger partial charge in [-0.2, -0.15) is 0 Å². The Hall–Kier alpha value is -0.970. The normalized spacial score (nSPS) is 12.5. The fourth-order valence-electron chi connectivity index (χ4n) is 2.64. The minimum atomic E-state index is 0. The maximum absolute atomic E-state index is 5.41. The molecule has 0 fully saturated rings. The van der Waals surface area contributed by atoms with Crippen LogP contribution in [0.25, 0.3) is 6.08 Å². The average Bonchev–Trinajstić information content (AvgIpc) is 2.91. The van der Waals surface area contributed by atoms with Crippen LogP contribution in [0.3, 0.4) is 0 Å². The van der Waals surface area contributed by atoms with E-state index in [1.807, 2.05) is 0 Å². The molecule has 0 radical (unpaired) electrons. The van der Waals surface area contributed by atoms with Gasteiger partial charge in [0.1, 0.15) is 0 Å². The summed E-state index contributed by atoms with van der Waals surface area (Å²) in [5.74, 6) is 0. The first-order valence-electron chi connectivity index (χ1n) is 8.03. The summed E-state index contributed by atoms with van der Waals surface area (Å²) in [4.78, 5) is 7.81. The summed E-state index contributed by atoms with van der Waals surface area (Å²) >= 11 is 10.8. The lowest BCUT2D eigenvalue weighted by Crippen LogP contribution is -3.00. The van der Waals surface area contributed by atoms with E-state index < -0.39 is 0 Å². The summed E-state index contributed by atoms with van der Waals surface area (Å²) in [5, 5.41) is 0.892. The van der Waals surface area contributed by atoms with E-state index in [0.717, 1.165) is 6.54 Å². The molecular formula is C18H24BrCl2N3. The van der Waals surface area contributed by atoms with Gasteiger partial charge in [-0.3, -0.25) is 0 Å². The monoisotopic (exact) mass is 431 g/mol. The summed E-state index contributed by atoms with van der Waals surface area (Å²) in [6.45, 7) is 6.77. The predicted octanol–water partition coefficient (Wildman–Crippen LogP) is 2.24. The van der Waals surface area contributed by atoms with Gasteiger partial charge in [-0.05, 0) is 48.2 Å². The number of imidazole rings is 1. The number of anilines is 1. The molecule has 3 rings (SSSR count). The van der Waals surface area contributed by atoms with Gasteiger partial charge < -0.3 is 21.9 Å². The van der Waals surface area contributed by atoms with Crippen LogP contribution in [0.4, 0.5) is 5.69 Å². The van der Waals surface area contributed by atoms with Crippen LogP contribution in [0.15, 0.2) is 36.2 Å². The van der Waals surface area contributed by atoms with Crippen molar-refractivity contribution in [3.05, 3.63) is 52.0 Å². The van der Waals surface area contributed by atoms with Gasteiger partial charge >= 0.3 is 0 Å².